The minimum atomic E-state index is -0.844. The van der Waals surface area contributed by atoms with E-state index in [0.717, 1.165) is 42.0 Å². The maximum Gasteiger partial charge on any atom is 0.207 e. The zero-order valence-electron chi connectivity index (χ0n) is 16.2. The van der Waals surface area contributed by atoms with Gasteiger partial charge in [0.2, 0.25) is 5.79 Å². The first-order chi connectivity index (χ1) is 13.0. The number of aliphatic hydroxyl groups is 1. The Kier molecular flexibility index (Phi) is 3.06. The van der Waals surface area contributed by atoms with Gasteiger partial charge in [0.25, 0.3) is 0 Å². The van der Waals surface area contributed by atoms with Crippen molar-refractivity contribution in [2.24, 2.45) is 0 Å². The average molecular weight is 373 g/mol. The number of rotatable bonds is 1. The third-order valence-corrected chi connectivity index (χ3v) is 7.99. The summed E-state index contributed by atoms with van der Waals surface area (Å²) in [6, 6.07) is 2.32. The second-order valence-corrected chi connectivity index (χ2v) is 8.94. The monoisotopic (exact) mass is 373 g/mol. The maximum atomic E-state index is 12.2. The molecule has 0 amide bonds. The number of hydrogen-bond acceptors (Lipinski definition) is 6. The molecule has 4 atom stereocenters. The second kappa shape index (κ2) is 4.98. The van der Waals surface area contributed by atoms with E-state index in [-0.39, 0.29) is 12.1 Å². The van der Waals surface area contributed by atoms with Crippen molar-refractivity contribution in [3.8, 4) is 11.5 Å². The predicted octanol–water partition coefficient (Wildman–Crippen LogP) is 1.53. The van der Waals surface area contributed by atoms with Crippen molar-refractivity contribution in [2.45, 2.75) is 61.6 Å². The minimum absolute atomic E-state index is 0.0855. The number of likely N-dealkylation sites (N-methyl/N-ethyl adjacent to an activating group) is 1. The molecule has 2 spiro atoms. The zero-order chi connectivity index (χ0) is 18.6. The van der Waals surface area contributed by atoms with Crippen LogP contribution in [0.5, 0.6) is 11.5 Å². The molecule has 1 N–H and O–H groups in total. The SMILES string of the molecule is COc1c(C)cc2c3c1OC1C4(CCC5(O)C(C2)N(C)CC[C@]315)OCCO4. The smallest absolute Gasteiger partial charge is 0.207 e. The van der Waals surface area contributed by atoms with E-state index in [9.17, 15) is 5.11 Å². The molecule has 0 aromatic heterocycles. The van der Waals surface area contributed by atoms with Crippen molar-refractivity contribution in [3.05, 3.63) is 22.8 Å². The quantitative estimate of drug-likeness (QED) is 0.806. The van der Waals surface area contributed by atoms with Crippen molar-refractivity contribution in [1.29, 1.82) is 0 Å². The highest BCUT2D eigenvalue weighted by Gasteiger charge is 2.77. The van der Waals surface area contributed by atoms with E-state index in [1.54, 1.807) is 7.11 Å². The van der Waals surface area contributed by atoms with Gasteiger partial charge in [-0.3, -0.25) is 0 Å². The summed E-state index contributed by atoms with van der Waals surface area (Å²) >= 11 is 0. The van der Waals surface area contributed by atoms with Gasteiger partial charge in [-0.1, -0.05) is 6.07 Å². The van der Waals surface area contributed by atoms with Crippen LogP contribution in [-0.4, -0.2) is 67.5 Å². The fourth-order valence-corrected chi connectivity index (χ4v) is 6.94. The lowest BCUT2D eigenvalue weighted by atomic mass is 9.48. The standard InChI is InChI=1S/C21H27NO5/c1-12-10-13-11-14-20(23)4-5-21(25-8-9-26-21)18-19(20,6-7-22(14)2)15(13)17(27-18)16(12)24-3/h10,14,18,23H,4-9,11H2,1-3H3/t14?,18?,19-,20?/m0/s1. The van der Waals surface area contributed by atoms with Gasteiger partial charge in [-0.25, -0.2) is 0 Å². The zero-order valence-corrected chi connectivity index (χ0v) is 16.2. The predicted molar refractivity (Wildman–Crippen MR) is 97.4 cm³/mol. The van der Waals surface area contributed by atoms with Gasteiger partial charge in [0, 0.05) is 18.0 Å². The molecule has 6 heteroatoms. The number of methoxy groups -OCH3 is 1. The van der Waals surface area contributed by atoms with Gasteiger partial charge in [-0.15, -0.1) is 0 Å². The van der Waals surface area contributed by atoms with E-state index in [1.807, 2.05) is 0 Å². The summed E-state index contributed by atoms with van der Waals surface area (Å²) in [6.45, 7) is 4.16. The van der Waals surface area contributed by atoms with Crippen LogP contribution in [0.3, 0.4) is 0 Å². The summed E-state index contributed by atoms with van der Waals surface area (Å²) in [5.74, 6) is 0.823. The van der Waals surface area contributed by atoms with Crippen LogP contribution in [0.2, 0.25) is 0 Å². The number of hydrogen-bond donors (Lipinski definition) is 1. The largest absolute Gasteiger partial charge is 0.493 e. The molecule has 6 nitrogen and oxygen atoms in total. The highest BCUT2D eigenvalue weighted by atomic mass is 16.8. The summed E-state index contributed by atoms with van der Waals surface area (Å²) in [5.41, 5.74) is 2.16. The number of nitrogens with zero attached hydrogens (tertiary/aromatic N) is 1. The molecule has 2 aliphatic carbocycles. The molecule has 1 aromatic rings. The first-order valence-electron chi connectivity index (χ1n) is 10.0. The Bertz CT molecular complexity index is 834. The van der Waals surface area contributed by atoms with Gasteiger partial charge in [-0.2, -0.15) is 0 Å². The number of piperidine rings is 1. The van der Waals surface area contributed by atoms with E-state index < -0.39 is 16.8 Å². The fraction of sp³-hybridized carbons (Fsp3) is 0.714. The molecule has 0 radical (unpaired) electrons. The van der Waals surface area contributed by atoms with Crippen LogP contribution in [-0.2, 0) is 21.3 Å². The van der Waals surface area contributed by atoms with Crippen LogP contribution >= 0.6 is 0 Å². The van der Waals surface area contributed by atoms with E-state index in [2.05, 4.69) is 24.9 Å². The van der Waals surface area contributed by atoms with Crippen LogP contribution in [0.15, 0.2) is 6.07 Å². The van der Waals surface area contributed by atoms with E-state index in [1.165, 1.54) is 5.56 Å². The molecule has 1 saturated carbocycles. The van der Waals surface area contributed by atoms with Gasteiger partial charge < -0.3 is 29.0 Å². The lowest BCUT2D eigenvalue weighted by molar-refractivity contribution is -0.295. The molecule has 3 heterocycles. The topological polar surface area (TPSA) is 60.4 Å². The Hall–Kier alpha value is -1.34. The first-order valence-corrected chi connectivity index (χ1v) is 10.0. The summed E-state index contributed by atoms with van der Waals surface area (Å²) in [6.07, 6.45) is 2.66. The van der Waals surface area contributed by atoms with Gasteiger partial charge >= 0.3 is 0 Å². The Morgan fingerprint density at radius 3 is 2.74 bits per heavy atom. The van der Waals surface area contributed by atoms with Crippen LogP contribution in [0.4, 0.5) is 0 Å². The molecule has 5 aliphatic rings. The highest BCUT2D eigenvalue weighted by molar-refractivity contribution is 5.65. The van der Waals surface area contributed by atoms with Gasteiger partial charge in [0.05, 0.1) is 31.3 Å². The maximum absolute atomic E-state index is 12.2. The molecule has 1 aromatic carbocycles. The normalized spacial score (nSPS) is 40.7. The summed E-state index contributed by atoms with van der Waals surface area (Å²) < 4.78 is 24.8. The molecule has 3 unspecified atom stereocenters. The molecule has 3 fully saturated rings. The van der Waals surface area contributed by atoms with Crippen molar-refractivity contribution >= 4 is 0 Å². The van der Waals surface area contributed by atoms with E-state index in [4.69, 9.17) is 18.9 Å². The summed E-state index contributed by atoms with van der Waals surface area (Å²) in [7, 11) is 3.83. The van der Waals surface area contributed by atoms with Crippen LogP contribution < -0.4 is 9.47 Å². The van der Waals surface area contributed by atoms with E-state index >= 15 is 0 Å². The summed E-state index contributed by atoms with van der Waals surface area (Å²) in [4.78, 5) is 2.33. The van der Waals surface area contributed by atoms with Crippen molar-refractivity contribution < 1.29 is 24.1 Å². The van der Waals surface area contributed by atoms with Crippen LogP contribution in [0.1, 0.15) is 36.0 Å². The van der Waals surface area contributed by atoms with E-state index in [0.29, 0.717) is 26.1 Å². The Balaban J connectivity index is 1.67. The molecule has 2 bridgehead atoms. The Labute approximate surface area is 159 Å². The Morgan fingerprint density at radius 2 is 2.00 bits per heavy atom. The Morgan fingerprint density at radius 1 is 1.22 bits per heavy atom. The molecular formula is C21H27NO5. The number of aryl methyl sites for hydroxylation is 1. The first kappa shape index (κ1) is 16.6. The van der Waals surface area contributed by atoms with Gasteiger partial charge in [-0.05, 0) is 50.9 Å². The molecule has 2 saturated heterocycles. The molecular weight excluding hydrogens is 346 g/mol. The molecule has 146 valence electrons. The third-order valence-electron chi connectivity index (χ3n) is 7.99. The molecule has 3 aliphatic heterocycles. The van der Waals surface area contributed by atoms with Crippen molar-refractivity contribution in [1.82, 2.24) is 4.90 Å². The van der Waals surface area contributed by atoms with Gasteiger partial charge in [0.15, 0.2) is 17.6 Å². The van der Waals surface area contributed by atoms with Crippen LogP contribution in [0.25, 0.3) is 0 Å². The number of fused-ring (bicyclic) bond motifs is 1. The lowest BCUT2D eigenvalue weighted by Crippen LogP contribution is -2.79. The number of likely N-dealkylation sites (tertiary alicyclic amines) is 1. The fourth-order valence-electron chi connectivity index (χ4n) is 6.94. The van der Waals surface area contributed by atoms with Crippen molar-refractivity contribution in [2.75, 3.05) is 33.9 Å². The molecule has 27 heavy (non-hydrogen) atoms. The number of benzene rings is 1. The number of ether oxygens (including phenoxy) is 4. The average Bonchev–Trinajstić information content (AvgIpc) is 3.24. The highest BCUT2D eigenvalue weighted by Crippen LogP contribution is 2.68. The van der Waals surface area contributed by atoms with Crippen LogP contribution in [0, 0.1) is 6.92 Å². The minimum Gasteiger partial charge on any atom is -0.493 e. The molecule has 6 rings (SSSR count). The van der Waals surface area contributed by atoms with Gasteiger partial charge in [0.1, 0.15) is 0 Å². The lowest BCUT2D eigenvalue weighted by Gasteiger charge is -2.64. The second-order valence-electron chi connectivity index (χ2n) is 8.94. The summed E-state index contributed by atoms with van der Waals surface area (Å²) in [5, 5.41) is 12.2. The third kappa shape index (κ3) is 1.65. The van der Waals surface area contributed by atoms with Crippen molar-refractivity contribution in [3.63, 3.8) is 0 Å².